The number of rotatable bonds is 5. The van der Waals surface area contributed by atoms with Gasteiger partial charge in [-0.3, -0.25) is 0 Å². The van der Waals surface area contributed by atoms with E-state index in [1.807, 2.05) is 31.2 Å². The van der Waals surface area contributed by atoms with E-state index in [1.54, 1.807) is 20.1 Å². The third-order valence-electron chi connectivity index (χ3n) is 4.22. The summed E-state index contributed by atoms with van der Waals surface area (Å²) in [7, 11) is -2.09. The molecule has 1 fully saturated rings. The number of sulfonamides is 1. The van der Waals surface area contributed by atoms with Crippen molar-refractivity contribution in [2.24, 2.45) is 0 Å². The van der Waals surface area contributed by atoms with Crippen LogP contribution in [0.25, 0.3) is 6.08 Å². The van der Waals surface area contributed by atoms with E-state index in [-0.39, 0.29) is 12.6 Å². The minimum absolute atomic E-state index is 0.209. The molecule has 0 aliphatic carbocycles. The number of benzene rings is 1. The number of methoxy groups -OCH3 is 1. The zero-order valence-corrected chi connectivity index (χ0v) is 15.2. The summed E-state index contributed by atoms with van der Waals surface area (Å²) in [6.45, 7) is 3.94. The molecule has 1 aromatic carbocycles. The van der Waals surface area contributed by atoms with Gasteiger partial charge in [0.05, 0.1) is 6.10 Å². The topological polar surface area (TPSA) is 85.5 Å². The molecular weight excluding hydrogens is 342 g/mol. The second-order valence-corrected chi connectivity index (χ2v) is 7.89. The number of aryl methyl sites for hydroxylation is 2. The molecule has 3 rings (SSSR count). The van der Waals surface area contributed by atoms with Gasteiger partial charge in [0.2, 0.25) is 15.9 Å². The van der Waals surface area contributed by atoms with Gasteiger partial charge in [-0.15, -0.1) is 0 Å². The molecule has 2 atom stereocenters. The van der Waals surface area contributed by atoms with Crippen LogP contribution >= 0.6 is 0 Å². The van der Waals surface area contributed by atoms with Crippen LogP contribution in [0.2, 0.25) is 0 Å². The van der Waals surface area contributed by atoms with Crippen LogP contribution in [-0.4, -0.2) is 42.6 Å². The van der Waals surface area contributed by atoms with Gasteiger partial charge in [-0.05, 0) is 25.5 Å². The van der Waals surface area contributed by atoms with E-state index in [2.05, 4.69) is 10.1 Å². The predicted octanol–water partition coefficient (Wildman–Crippen LogP) is 2.45. The molecule has 2 heterocycles. The van der Waals surface area contributed by atoms with Crippen molar-refractivity contribution in [1.29, 1.82) is 0 Å². The van der Waals surface area contributed by atoms with E-state index in [0.717, 1.165) is 11.1 Å². The predicted molar refractivity (Wildman–Crippen MR) is 93.0 cm³/mol. The molecule has 0 bridgehead atoms. The van der Waals surface area contributed by atoms with E-state index in [0.29, 0.717) is 18.1 Å². The monoisotopic (exact) mass is 363 g/mol. The van der Waals surface area contributed by atoms with E-state index in [1.165, 1.54) is 9.71 Å². The highest BCUT2D eigenvalue weighted by Crippen LogP contribution is 2.35. The van der Waals surface area contributed by atoms with E-state index in [9.17, 15) is 8.42 Å². The Labute approximate surface area is 147 Å². The Balaban J connectivity index is 1.86. The Hall–Kier alpha value is -2.03. The fraction of sp³-hybridized carbons (Fsp3) is 0.412. The van der Waals surface area contributed by atoms with E-state index >= 15 is 0 Å². The first kappa shape index (κ1) is 17.8. The molecule has 1 aliphatic rings. The van der Waals surface area contributed by atoms with Gasteiger partial charge in [-0.25, -0.2) is 8.42 Å². The Kier molecular flexibility index (Phi) is 5.03. The molecule has 0 saturated carbocycles. The summed E-state index contributed by atoms with van der Waals surface area (Å²) in [5.41, 5.74) is 1.94. The first-order valence-corrected chi connectivity index (χ1v) is 9.49. The van der Waals surface area contributed by atoms with E-state index in [4.69, 9.17) is 9.26 Å². The number of hydrogen-bond acceptors (Lipinski definition) is 6. The Morgan fingerprint density at radius 2 is 2.00 bits per heavy atom. The molecule has 0 spiro atoms. The minimum Gasteiger partial charge on any atom is -0.380 e. The average Bonchev–Trinajstić information content (AvgIpc) is 3.20. The Morgan fingerprint density at radius 1 is 1.28 bits per heavy atom. The third kappa shape index (κ3) is 3.97. The molecule has 1 aliphatic heterocycles. The van der Waals surface area contributed by atoms with Crippen LogP contribution in [0.4, 0.5) is 0 Å². The molecule has 0 N–H and O–H groups in total. The summed E-state index contributed by atoms with van der Waals surface area (Å²) in [4.78, 5) is 4.19. The van der Waals surface area contributed by atoms with Crippen LogP contribution in [0.3, 0.4) is 0 Å². The maximum Gasteiger partial charge on any atom is 0.245 e. The maximum atomic E-state index is 12.8. The first-order valence-electron chi connectivity index (χ1n) is 7.98. The summed E-state index contributed by atoms with van der Waals surface area (Å²) in [6.07, 6.45) is 1.86. The summed E-state index contributed by atoms with van der Waals surface area (Å²) < 4.78 is 37.5. The molecule has 0 unspecified atom stereocenters. The molecule has 2 aromatic rings. The van der Waals surface area contributed by atoms with Crippen LogP contribution in [0.5, 0.6) is 0 Å². The quantitative estimate of drug-likeness (QED) is 0.811. The normalized spacial score (nSPS) is 22.0. The van der Waals surface area contributed by atoms with Gasteiger partial charge in [-0.1, -0.05) is 35.0 Å². The van der Waals surface area contributed by atoms with Crippen LogP contribution in [0.15, 0.2) is 34.2 Å². The third-order valence-corrected chi connectivity index (χ3v) is 5.75. The lowest BCUT2D eigenvalue weighted by molar-refractivity contribution is 0.114. The van der Waals surface area contributed by atoms with Gasteiger partial charge in [0, 0.05) is 25.5 Å². The molecule has 134 valence electrons. The number of ether oxygens (including phenoxy) is 1. The number of aromatic nitrogens is 2. The van der Waals surface area contributed by atoms with E-state index < -0.39 is 16.1 Å². The molecule has 0 radical (unpaired) electrons. The van der Waals surface area contributed by atoms with Gasteiger partial charge in [0.15, 0.2) is 5.82 Å². The summed E-state index contributed by atoms with van der Waals surface area (Å²) in [5.74, 6) is 0.771. The molecule has 25 heavy (non-hydrogen) atoms. The maximum absolute atomic E-state index is 12.8. The lowest BCUT2D eigenvalue weighted by atomic mass is 10.2. The van der Waals surface area contributed by atoms with Crippen LogP contribution in [0, 0.1) is 13.8 Å². The molecule has 1 saturated heterocycles. The number of hydrogen-bond donors (Lipinski definition) is 0. The Bertz CT molecular complexity index is 858. The second-order valence-electron chi connectivity index (χ2n) is 6.12. The van der Waals surface area contributed by atoms with Crippen LogP contribution in [-0.2, 0) is 14.8 Å². The largest absolute Gasteiger partial charge is 0.380 e. The fourth-order valence-corrected chi connectivity index (χ4v) is 4.20. The Morgan fingerprint density at radius 3 is 2.60 bits per heavy atom. The van der Waals surface area contributed by atoms with Gasteiger partial charge >= 0.3 is 0 Å². The summed E-state index contributed by atoms with van der Waals surface area (Å²) >= 11 is 0. The minimum atomic E-state index is -3.65. The zero-order valence-electron chi connectivity index (χ0n) is 14.4. The highest BCUT2D eigenvalue weighted by Gasteiger charge is 2.42. The molecule has 8 heteroatoms. The fourth-order valence-electron chi connectivity index (χ4n) is 2.81. The first-order chi connectivity index (χ1) is 11.9. The summed E-state index contributed by atoms with van der Waals surface area (Å²) in [6, 6.07) is 7.11. The van der Waals surface area contributed by atoms with Crippen molar-refractivity contribution in [3.05, 3.63) is 52.5 Å². The molecule has 7 nitrogen and oxygen atoms in total. The highest BCUT2D eigenvalue weighted by atomic mass is 32.2. The standard InChI is InChI=1S/C17H21N3O4S/c1-12-4-6-14(7-5-12)8-9-25(21,22)20-11-15(23-3)10-16(20)17-18-13(2)19-24-17/h4-9,15-16H,10-11H2,1-3H3/b9-8+/t15-,16+/m0/s1. The molecule has 0 amide bonds. The van der Waals surface area contributed by atoms with Crippen molar-refractivity contribution in [1.82, 2.24) is 14.4 Å². The lowest BCUT2D eigenvalue weighted by Crippen LogP contribution is -2.30. The van der Waals surface area contributed by atoms with Gasteiger partial charge in [0.25, 0.3) is 0 Å². The van der Waals surface area contributed by atoms with Gasteiger partial charge < -0.3 is 9.26 Å². The SMILES string of the molecule is CO[C@H]1C[C@H](c2nc(C)no2)N(S(=O)(=O)/C=C/c2ccc(C)cc2)C1. The van der Waals surface area contributed by atoms with Crippen molar-refractivity contribution in [2.45, 2.75) is 32.4 Å². The summed E-state index contributed by atoms with van der Waals surface area (Å²) in [5, 5.41) is 4.98. The number of nitrogens with zero attached hydrogens (tertiary/aromatic N) is 3. The van der Waals surface area contributed by atoms with Crippen LogP contribution in [0.1, 0.15) is 35.3 Å². The van der Waals surface area contributed by atoms with Crippen molar-refractivity contribution in [3.8, 4) is 0 Å². The molecular formula is C17H21N3O4S. The lowest BCUT2D eigenvalue weighted by Gasteiger charge is -2.18. The van der Waals surface area contributed by atoms with Gasteiger partial charge in [0.1, 0.15) is 6.04 Å². The second kappa shape index (κ2) is 7.07. The van der Waals surface area contributed by atoms with Crippen molar-refractivity contribution in [3.63, 3.8) is 0 Å². The average molecular weight is 363 g/mol. The zero-order chi connectivity index (χ0) is 18.0. The smallest absolute Gasteiger partial charge is 0.245 e. The highest BCUT2D eigenvalue weighted by molar-refractivity contribution is 7.92. The van der Waals surface area contributed by atoms with Crippen LogP contribution < -0.4 is 0 Å². The van der Waals surface area contributed by atoms with Crippen molar-refractivity contribution in [2.75, 3.05) is 13.7 Å². The van der Waals surface area contributed by atoms with Crippen molar-refractivity contribution >= 4 is 16.1 Å². The molecule has 1 aromatic heterocycles. The van der Waals surface area contributed by atoms with Gasteiger partial charge in [-0.2, -0.15) is 9.29 Å². The van der Waals surface area contributed by atoms with Crippen molar-refractivity contribution < 1.29 is 17.7 Å².